The quantitative estimate of drug-likeness (QED) is 0.924. The topological polar surface area (TPSA) is 55.0 Å². The van der Waals surface area contributed by atoms with Gasteiger partial charge in [0.05, 0.1) is 5.39 Å². The molecule has 1 aliphatic rings. The van der Waals surface area contributed by atoms with E-state index in [2.05, 4.69) is 35.6 Å². The molecule has 20 heavy (non-hydrogen) atoms. The molecule has 2 aromatic rings. The van der Waals surface area contributed by atoms with E-state index in [1.165, 1.54) is 15.8 Å². The zero-order chi connectivity index (χ0) is 14.3. The molecule has 0 aliphatic carbocycles. The molecule has 2 unspecified atom stereocenters. The van der Waals surface area contributed by atoms with E-state index in [0.717, 1.165) is 36.6 Å². The summed E-state index contributed by atoms with van der Waals surface area (Å²) in [5, 5.41) is 1.24. The van der Waals surface area contributed by atoms with Crippen LogP contribution in [0.15, 0.2) is 6.33 Å². The molecule has 1 fully saturated rings. The minimum Gasteiger partial charge on any atom is -0.356 e. The molecule has 2 N–H and O–H groups in total. The molecule has 0 aromatic carbocycles. The number of nitrogens with zero attached hydrogens (tertiary/aromatic N) is 3. The van der Waals surface area contributed by atoms with Crippen molar-refractivity contribution in [1.82, 2.24) is 9.97 Å². The van der Waals surface area contributed by atoms with Crippen LogP contribution in [-0.4, -0.2) is 29.1 Å². The van der Waals surface area contributed by atoms with Crippen molar-refractivity contribution in [3.63, 3.8) is 0 Å². The van der Waals surface area contributed by atoms with E-state index in [1.54, 1.807) is 17.7 Å². The number of hydrogen-bond donors (Lipinski definition) is 1. The Bertz CT molecular complexity index is 622. The number of piperidine rings is 1. The number of hydrogen-bond acceptors (Lipinski definition) is 5. The third-order valence-electron chi connectivity index (χ3n) is 4.56. The van der Waals surface area contributed by atoms with Crippen LogP contribution in [0.25, 0.3) is 10.2 Å². The fourth-order valence-corrected chi connectivity index (χ4v) is 4.07. The van der Waals surface area contributed by atoms with Gasteiger partial charge in [0, 0.05) is 24.0 Å². The molecule has 3 heterocycles. The van der Waals surface area contributed by atoms with Crippen LogP contribution in [0.5, 0.6) is 0 Å². The van der Waals surface area contributed by atoms with Gasteiger partial charge >= 0.3 is 0 Å². The average Bonchev–Trinajstić information content (AvgIpc) is 2.75. The Labute approximate surface area is 124 Å². The second-order valence-corrected chi connectivity index (χ2v) is 6.93. The first-order valence-electron chi connectivity index (χ1n) is 7.33. The highest BCUT2D eigenvalue weighted by Crippen LogP contribution is 2.35. The van der Waals surface area contributed by atoms with Gasteiger partial charge in [-0.3, -0.25) is 0 Å². The molecule has 5 heteroatoms. The minimum absolute atomic E-state index is 0.332. The Morgan fingerprint density at radius 2 is 2.20 bits per heavy atom. The average molecular weight is 290 g/mol. The molecule has 0 bridgehead atoms. The van der Waals surface area contributed by atoms with Gasteiger partial charge in [0.1, 0.15) is 17.0 Å². The van der Waals surface area contributed by atoms with Crippen molar-refractivity contribution in [3.05, 3.63) is 16.8 Å². The van der Waals surface area contributed by atoms with Gasteiger partial charge in [-0.2, -0.15) is 0 Å². The van der Waals surface area contributed by atoms with Crippen molar-refractivity contribution in [1.29, 1.82) is 0 Å². The summed E-state index contributed by atoms with van der Waals surface area (Å²) >= 11 is 1.76. The van der Waals surface area contributed by atoms with Gasteiger partial charge in [-0.15, -0.1) is 11.3 Å². The van der Waals surface area contributed by atoms with Gasteiger partial charge in [0.15, 0.2) is 0 Å². The Kier molecular flexibility index (Phi) is 3.65. The van der Waals surface area contributed by atoms with E-state index >= 15 is 0 Å². The molecule has 108 valence electrons. The van der Waals surface area contributed by atoms with Crippen LogP contribution < -0.4 is 10.6 Å². The highest BCUT2D eigenvalue weighted by atomic mass is 32.1. The zero-order valence-electron chi connectivity index (χ0n) is 12.4. The lowest BCUT2D eigenvalue weighted by Gasteiger charge is -2.37. The Morgan fingerprint density at radius 1 is 1.40 bits per heavy atom. The second kappa shape index (κ2) is 5.30. The van der Waals surface area contributed by atoms with E-state index in [0.29, 0.717) is 12.0 Å². The smallest absolute Gasteiger partial charge is 0.141 e. The number of thiophene rings is 1. The van der Waals surface area contributed by atoms with Crippen molar-refractivity contribution < 1.29 is 0 Å². The summed E-state index contributed by atoms with van der Waals surface area (Å²) in [4.78, 5) is 13.9. The molecule has 4 nitrogen and oxygen atoms in total. The van der Waals surface area contributed by atoms with Crippen molar-refractivity contribution >= 4 is 27.4 Å². The van der Waals surface area contributed by atoms with Crippen LogP contribution in [0.1, 0.15) is 30.2 Å². The van der Waals surface area contributed by atoms with Gasteiger partial charge in [-0.05, 0) is 31.7 Å². The maximum Gasteiger partial charge on any atom is 0.141 e. The summed E-state index contributed by atoms with van der Waals surface area (Å²) in [6.07, 6.45) is 3.88. The van der Waals surface area contributed by atoms with Gasteiger partial charge in [0.25, 0.3) is 0 Å². The number of anilines is 1. The highest BCUT2D eigenvalue weighted by molar-refractivity contribution is 7.18. The Hall–Kier alpha value is -1.20. The molecule has 3 rings (SSSR count). The van der Waals surface area contributed by atoms with Crippen LogP contribution >= 0.6 is 11.3 Å². The van der Waals surface area contributed by atoms with E-state index < -0.39 is 0 Å². The molecule has 2 aromatic heterocycles. The first-order valence-corrected chi connectivity index (χ1v) is 8.14. The third kappa shape index (κ3) is 2.19. The van der Waals surface area contributed by atoms with Crippen LogP contribution in [0.3, 0.4) is 0 Å². The van der Waals surface area contributed by atoms with Crippen molar-refractivity contribution in [3.8, 4) is 0 Å². The van der Waals surface area contributed by atoms with Crippen molar-refractivity contribution in [2.75, 3.05) is 18.0 Å². The largest absolute Gasteiger partial charge is 0.356 e. The molecule has 1 saturated heterocycles. The molecular weight excluding hydrogens is 268 g/mol. The monoisotopic (exact) mass is 290 g/mol. The molecule has 0 saturated carbocycles. The SMILES string of the molecule is CCC1CN(c2ncnc3sc(C)c(C)c23)CCC1N. The van der Waals surface area contributed by atoms with Crippen LogP contribution in [0.2, 0.25) is 0 Å². The van der Waals surface area contributed by atoms with Gasteiger partial charge in [-0.1, -0.05) is 13.3 Å². The van der Waals surface area contributed by atoms with Gasteiger partial charge < -0.3 is 10.6 Å². The predicted octanol–water partition coefficient (Wildman–Crippen LogP) is 2.87. The minimum atomic E-state index is 0.332. The predicted molar refractivity (Wildman–Crippen MR) is 85.5 cm³/mol. The zero-order valence-corrected chi connectivity index (χ0v) is 13.2. The maximum absolute atomic E-state index is 6.22. The third-order valence-corrected chi connectivity index (χ3v) is 5.68. The second-order valence-electron chi connectivity index (χ2n) is 5.73. The number of aromatic nitrogens is 2. The van der Waals surface area contributed by atoms with Gasteiger partial charge in [0.2, 0.25) is 0 Å². The first kappa shape index (κ1) is 13.8. The summed E-state index contributed by atoms with van der Waals surface area (Å²) < 4.78 is 0. The molecule has 2 atom stereocenters. The molecule has 0 spiro atoms. The number of fused-ring (bicyclic) bond motifs is 1. The Balaban J connectivity index is 2.02. The van der Waals surface area contributed by atoms with E-state index in [4.69, 9.17) is 5.73 Å². The lowest BCUT2D eigenvalue weighted by atomic mass is 9.90. The van der Waals surface area contributed by atoms with Crippen LogP contribution in [-0.2, 0) is 0 Å². The Morgan fingerprint density at radius 3 is 2.95 bits per heavy atom. The van der Waals surface area contributed by atoms with Gasteiger partial charge in [-0.25, -0.2) is 9.97 Å². The summed E-state index contributed by atoms with van der Waals surface area (Å²) in [5.74, 6) is 1.66. The summed E-state index contributed by atoms with van der Waals surface area (Å²) in [7, 11) is 0. The lowest BCUT2D eigenvalue weighted by Crippen LogP contribution is -2.47. The summed E-state index contributed by atoms with van der Waals surface area (Å²) in [6, 6.07) is 0.332. The number of rotatable bonds is 2. The maximum atomic E-state index is 6.22. The van der Waals surface area contributed by atoms with E-state index in [9.17, 15) is 0 Å². The van der Waals surface area contributed by atoms with Crippen molar-refractivity contribution in [2.24, 2.45) is 11.7 Å². The van der Waals surface area contributed by atoms with Crippen molar-refractivity contribution in [2.45, 2.75) is 39.7 Å². The van der Waals surface area contributed by atoms with E-state index in [-0.39, 0.29) is 0 Å². The molecule has 0 amide bonds. The summed E-state index contributed by atoms with van der Waals surface area (Å²) in [5.41, 5.74) is 7.54. The fraction of sp³-hybridized carbons (Fsp3) is 0.600. The van der Waals surface area contributed by atoms with Crippen LogP contribution in [0, 0.1) is 19.8 Å². The lowest BCUT2D eigenvalue weighted by molar-refractivity contribution is 0.347. The van der Waals surface area contributed by atoms with Crippen LogP contribution in [0.4, 0.5) is 5.82 Å². The highest BCUT2D eigenvalue weighted by Gasteiger charge is 2.27. The molecule has 0 radical (unpaired) electrons. The normalized spacial score (nSPS) is 23.5. The molecule has 1 aliphatic heterocycles. The summed E-state index contributed by atoms with van der Waals surface area (Å²) in [6.45, 7) is 8.57. The fourth-order valence-electron chi connectivity index (χ4n) is 3.08. The first-order chi connectivity index (χ1) is 9.61. The molecular formula is C15H22N4S. The van der Waals surface area contributed by atoms with E-state index in [1.807, 2.05) is 0 Å². The standard InChI is InChI=1S/C15H22N4S/c1-4-11-7-19(6-5-12(11)16)14-13-9(2)10(3)20-15(13)18-8-17-14/h8,11-12H,4-7,16H2,1-3H3. The number of nitrogens with two attached hydrogens (primary N) is 1. The number of aryl methyl sites for hydroxylation is 2.